The van der Waals surface area contributed by atoms with E-state index in [0.29, 0.717) is 13.0 Å². The fraction of sp³-hybridized carbons (Fsp3) is 0.385. The number of carbonyl (C=O) groups excluding carboxylic acids is 1. The van der Waals surface area contributed by atoms with Crippen LogP contribution >= 0.6 is 0 Å². The first-order chi connectivity index (χ1) is 9.63. The Morgan fingerprint density at radius 2 is 2.45 bits per heavy atom. The third-order valence-corrected chi connectivity index (χ3v) is 3.65. The van der Waals surface area contributed by atoms with Crippen LogP contribution in [0.1, 0.15) is 6.42 Å². The Balaban J connectivity index is 2.00. The van der Waals surface area contributed by atoms with Crippen LogP contribution in [-0.2, 0) is 9.53 Å². The van der Waals surface area contributed by atoms with Crippen molar-refractivity contribution in [3.05, 3.63) is 30.6 Å². The highest BCUT2D eigenvalue weighted by Crippen LogP contribution is 2.22. The predicted molar refractivity (Wildman–Crippen MR) is 72.5 cm³/mol. The van der Waals surface area contributed by atoms with Gasteiger partial charge in [0.25, 0.3) is 0 Å². The summed E-state index contributed by atoms with van der Waals surface area (Å²) in [5, 5.41) is 10.2. The summed E-state index contributed by atoms with van der Waals surface area (Å²) in [6, 6.07) is 5.47. The summed E-state index contributed by atoms with van der Waals surface area (Å²) >= 11 is 0. The molecule has 2 aromatic rings. The first-order valence-electron chi connectivity index (χ1n) is 6.39. The molecule has 7 nitrogen and oxygen atoms in total. The molecule has 0 radical (unpaired) electrons. The lowest BCUT2D eigenvalue weighted by Gasteiger charge is -2.39. The van der Waals surface area contributed by atoms with Gasteiger partial charge in [0.15, 0.2) is 5.54 Å². The van der Waals surface area contributed by atoms with Gasteiger partial charge in [-0.3, -0.25) is 14.5 Å². The van der Waals surface area contributed by atoms with E-state index in [-0.39, 0.29) is 6.61 Å². The van der Waals surface area contributed by atoms with E-state index >= 15 is 0 Å². The topological polar surface area (TPSA) is 102 Å². The highest BCUT2D eigenvalue weighted by atomic mass is 16.5. The molecule has 1 saturated heterocycles. The Labute approximate surface area is 115 Å². The van der Waals surface area contributed by atoms with Crippen molar-refractivity contribution in [2.75, 3.05) is 18.6 Å². The minimum absolute atomic E-state index is 0.0312. The first kappa shape index (κ1) is 12.9. The Kier molecular flexibility index (Phi) is 3.07. The molecule has 3 heterocycles. The highest BCUT2D eigenvalue weighted by Gasteiger charge is 2.47. The molecule has 1 aliphatic rings. The predicted octanol–water partition coefficient (Wildman–Crippen LogP) is -0.415. The summed E-state index contributed by atoms with van der Waals surface area (Å²) in [7, 11) is 0. The molecule has 0 saturated carbocycles. The molecule has 20 heavy (non-hydrogen) atoms. The maximum Gasteiger partial charge on any atom is 0.249 e. The number of aliphatic hydroxyl groups excluding tert-OH is 1. The zero-order chi connectivity index (χ0) is 14.2. The summed E-state index contributed by atoms with van der Waals surface area (Å²) < 4.78 is 6.97. The number of amides is 1. The van der Waals surface area contributed by atoms with E-state index in [1.165, 1.54) is 0 Å². The van der Waals surface area contributed by atoms with Crippen LogP contribution in [0.3, 0.4) is 0 Å². The van der Waals surface area contributed by atoms with E-state index in [0.717, 1.165) is 11.0 Å². The maximum absolute atomic E-state index is 11.8. The van der Waals surface area contributed by atoms with E-state index in [1.54, 1.807) is 23.1 Å². The Morgan fingerprint density at radius 3 is 3.20 bits per heavy atom. The molecule has 0 unspecified atom stereocenters. The third kappa shape index (κ3) is 1.91. The van der Waals surface area contributed by atoms with Crippen molar-refractivity contribution in [1.29, 1.82) is 0 Å². The lowest BCUT2D eigenvalue weighted by Crippen LogP contribution is -2.66. The zero-order valence-electron chi connectivity index (χ0n) is 10.8. The molecule has 0 aliphatic carbocycles. The molecule has 2 aromatic heterocycles. The average Bonchev–Trinajstić information content (AvgIpc) is 2.84. The summed E-state index contributed by atoms with van der Waals surface area (Å²) in [5.41, 5.74) is 8.72. The van der Waals surface area contributed by atoms with Crippen molar-refractivity contribution in [3.8, 4) is 0 Å². The molecular formula is C13H16N4O3. The second-order valence-electron chi connectivity index (χ2n) is 4.90. The SMILES string of the molecule is NC(=O)[C@@]1(Nn2ccc3ncccc32)COCC[C@H]1O. The number of rotatable bonds is 3. The van der Waals surface area contributed by atoms with Gasteiger partial charge in [-0.2, -0.15) is 0 Å². The molecule has 2 atom stereocenters. The third-order valence-electron chi connectivity index (χ3n) is 3.65. The molecule has 0 aromatic carbocycles. The number of ether oxygens (including phenoxy) is 1. The number of hydrogen-bond acceptors (Lipinski definition) is 5. The Morgan fingerprint density at radius 1 is 1.60 bits per heavy atom. The summed E-state index contributed by atoms with van der Waals surface area (Å²) in [6.07, 6.45) is 2.88. The number of fused-ring (bicyclic) bond motifs is 1. The molecule has 0 bridgehead atoms. The minimum atomic E-state index is -1.33. The molecule has 4 N–H and O–H groups in total. The van der Waals surface area contributed by atoms with Crippen LogP contribution in [0.15, 0.2) is 30.6 Å². The normalized spacial score (nSPS) is 26.6. The number of aromatic nitrogens is 2. The summed E-state index contributed by atoms with van der Waals surface area (Å²) in [6.45, 7) is 0.440. The van der Waals surface area contributed by atoms with Gasteiger partial charge in [0.05, 0.1) is 23.7 Å². The first-order valence-corrected chi connectivity index (χ1v) is 6.39. The number of hydrogen-bond donors (Lipinski definition) is 3. The number of aliphatic hydroxyl groups is 1. The average molecular weight is 276 g/mol. The largest absolute Gasteiger partial charge is 0.390 e. The number of nitrogens with one attached hydrogen (secondary N) is 1. The van der Waals surface area contributed by atoms with Gasteiger partial charge in [-0.1, -0.05) is 0 Å². The van der Waals surface area contributed by atoms with Crippen molar-refractivity contribution in [2.45, 2.75) is 18.1 Å². The monoisotopic (exact) mass is 276 g/mol. The van der Waals surface area contributed by atoms with Gasteiger partial charge in [0, 0.05) is 19.0 Å². The molecule has 3 rings (SSSR count). The van der Waals surface area contributed by atoms with Gasteiger partial charge in [0.1, 0.15) is 0 Å². The van der Waals surface area contributed by atoms with Crippen molar-refractivity contribution >= 4 is 16.9 Å². The van der Waals surface area contributed by atoms with E-state index in [2.05, 4.69) is 10.4 Å². The van der Waals surface area contributed by atoms with Gasteiger partial charge >= 0.3 is 0 Å². The fourth-order valence-corrected chi connectivity index (χ4v) is 2.45. The lowest BCUT2D eigenvalue weighted by molar-refractivity contribution is -0.135. The van der Waals surface area contributed by atoms with Crippen molar-refractivity contribution in [2.24, 2.45) is 5.73 Å². The molecule has 1 amide bonds. The summed E-state index contributed by atoms with van der Waals surface area (Å²) in [5.74, 6) is -0.643. The smallest absolute Gasteiger partial charge is 0.249 e. The molecule has 0 spiro atoms. The van der Waals surface area contributed by atoms with Crippen LogP contribution in [0, 0.1) is 0 Å². The number of pyridine rings is 1. The van der Waals surface area contributed by atoms with Gasteiger partial charge in [-0.15, -0.1) is 0 Å². The number of nitrogens with zero attached hydrogens (tertiary/aromatic N) is 2. The maximum atomic E-state index is 11.8. The minimum Gasteiger partial charge on any atom is -0.390 e. The lowest BCUT2D eigenvalue weighted by atomic mass is 9.89. The van der Waals surface area contributed by atoms with Crippen LogP contribution in [0.5, 0.6) is 0 Å². The molecule has 1 aliphatic heterocycles. The zero-order valence-corrected chi connectivity index (χ0v) is 10.8. The van der Waals surface area contributed by atoms with Crippen LogP contribution in [-0.4, -0.2) is 45.5 Å². The number of primary amides is 1. The van der Waals surface area contributed by atoms with Crippen LogP contribution < -0.4 is 11.2 Å². The van der Waals surface area contributed by atoms with E-state index < -0.39 is 17.6 Å². The van der Waals surface area contributed by atoms with Crippen LogP contribution in [0.25, 0.3) is 11.0 Å². The number of nitrogens with two attached hydrogens (primary N) is 1. The van der Waals surface area contributed by atoms with Crippen molar-refractivity contribution in [1.82, 2.24) is 9.66 Å². The molecule has 7 heteroatoms. The Hall–Kier alpha value is -2.12. The molecular weight excluding hydrogens is 260 g/mol. The summed E-state index contributed by atoms with van der Waals surface area (Å²) in [4.78, 5) is 16.1. The second kappa shape index (κ2) is 4.77. The van der Waals surface area contributed by atoms with Gasteiger partial charge < -0.3 is 21.0 Å². The fourth-order valence-electron chi connectivity index (χ4n) is 2.45. The molecule has 1 fully saturated rings. The van der Waals surface area contributed by atoms with Gasteiger partial charge in [-0.25, -0.2) is 0 Å². The van der Waals surface area contributed by atoms with E-state index in [4.69, 9.17) is 10.5 Å². The Bertz CT molecular complexity index is 641. The van der Waals surface area contributed by atoms with Crippen molar-refractivity contribution in [3.63, 3.8) is 0 Å². The van der Waals surface area contributed by atoms with E-state index in [9.17, 15) is 9.90 Å². The van der Waals surface area contributed by atoms with Gasteiger partial charge in [-0.05, 0) is 24.6 Å². The standard InChI is InChI=1S/C13H16N4O3/c14-12(19)13(8-20-7-4-11(13)18)16-17-6-3-9-10(17)2-1-5-15-9/h1-3,5-6,11,16,18H,4,7-8H2,(H2,14,19)/t11-,13-/m1/s1. The van der Waals surface area contributed by atoms with Crippen molar-refractivity contribution < 1.29 is 14.6 Å². The second-order valence-corrected chi connectivity index (χ2v) is 4.90. The number of carbonyl (C=O) groups is 1. The van der Waals surface area contributed by atoms with E-state index in [1.807, 2.05) is 12.1 Å². The van der Waals surface area contributed by atoms with Crippen LogP contribution in [0.2, 0.25) is 0 Å². The van der Waals surface area contributed by atoms with Gasteiger partial charge in [0.2, 0.25) is 5.91 Å². The molecule has 106 valence electrons. The van der Waals surface area contributed by atoms with Crippen LogP contribution in [0.4, 0.5) is 0 Å². The quantitative estimate of drug-likeness (QED) is 0.707. The highest BCUT2D eigenvalue weighted by molar-refractivity contribution is 5.88.